The summed E-state index contributed by atoms with van der Waals surface area (Å²) in [5.74, 6) is -0.471. The minimum Gasteiger partial charge on any atom is -0.481 e. The van der Waals surface area contributed by atoms with Crippen LogP contribution in [0.1, 0.15) is 16.1 Å². The topological polar surface area (TPSA) is 50.2 Å². The van der Waals surface area contributed by atoms with Crippen LogP contribution in [0.4, 0.5) is 4.39 Å². The number of thiazole rings is 1. The van der Waals surface area contributed by atoms with Crippen LogP contribution in [0.15, 0.2) is 27.0 Å². The summed E-state index contributed by atoms with van der Waals surface area (Å²) in [5.41, 5.74) is 1.75. The van der Waals surface area contributed by atoms with Crippen molar-refractivity contribution in [1.82, 2.24) is 4.98 Å². The second-order valence-corrected chi connectivity index (χ2v) is 7.26. The molecule has 1 aromatic heterocycles. The molecule has 0 aliphatic carbocycles. The van der Waals surface area contributed by atoms with Crippen LogP contribution in [0.2, 0.25) is 0 Å². The van der Waals surface area contributed by atoms with E-state index < -0.39 is 5.97 Å². The van der Waals surface area contributed by atoms with E-state index in [4.69, 9.17) is 5.11 Å². The average molecular weight is 376 g/mol. The fourth-order valence-electron chi connectivity index (χ4n) is 1.54. The van der Waals surface area contributed by atoms with Gasteiger partial charge in [-0.2, -0.15) is 0 Å². The first-order valence-electron chi connectivity index (χ1n) is 5.70. The molecular weight excluding hydrogens is 365 g/mol. The molecular formula is C13H11BrFNO2S2. The molecule has 0 radical (unpaired) electrons. The van der Waals surface area contributed by atoms with Crippen LogP contribution in [0, 0.1) is 12.7 Å². The Bertz CT molecular complexity index is 645. The Labute approximate surface area is 132 Å². The maximum absolute atomic E-state index is 13.1. The third kappa shape index (κ3) is 4.04. The normalized spacial score (nSPS) is 10.8. The number of carboxylic acids is 1. The number of hydrogen-bond donors (Lipinski definition) is 1. The van der Waals surface area contributed by atoms with Crippen molar-refractivity contribution in [2.75, 3.05) is 0 Å². The van der Waals surface area contributed by atoms with Gasteiger partial charge in [-0.15, -0.1) is 11.3 Å². The summed E-state index contributed by atoms with van der Waals surface area (Å²) >= 11 is 6.07. The third-order valence-corrected chi connectivity index (χ3v) is 5.51. The molecule has 2 rings (SSSR count). The maximum Gasteiger partial charge on any atom is 0.308 e. The Kier molecular flexibility index (Phi) is 5.17. The van der Waals surface area contributed by atoms with Crippen LogP contribution in [0.5, 0.6) is 0 Å². The first-order chi connectivity index (χ1) is 9.45. The first kappa shape index (κ1) is 15.5. The van der Waals surface area contributed by atoms with Crippen LogP contribution < -0.4 is 0 Å². The summed E-state index contributed by atoms with van der Waals surface area (Å²) in [6, 6.07) is 4.88. The molecule has 7 heteroatoms. The number of hydrogen-bond acceptors (Lipinski definition) is 4. The van der Waals surface area contributed by atoms with Gasteiger partial charge >= 0.3 is 5.97 Å². The van der Waals surface area contributed by atoms with Crippen molar-refractivity contribution in [1.29, 1.82) is 0 Å². The summed E-state index contributed by atoms with van der Waals surface area (Å²) in [7, 11) is 0. The minimum absolute atomic E-state index is 0.00611. The lowest BCUT2D eigenvalue weighted by Gasteiger charge is -2.00. The summed E-state index contributed by atoms with van der Waals surface area (Å²) in [6.07, 6.45) is 0.00611. The summed E-state index contributed by atoms with van der Waals surface area (Å²) in [5, 5.41) is 8.80. The lowest BCUT2D eigenvalue weighted by Crippen LogP contribution is -1.99. The number of carbonyl (C=O) groups is 1. The van der Waals surface area contributed by atoms with E-state index in [1.165, 1.54) is 29.2 Å². The zero-order valence-electron chi connectivity index (χ0n) is 10.5. The molecule has 0 aliphatic heterocycles. The van der Waals surface area contributed by atoms with Gasteiger partial charge in [-0.1, -0.05) is 17.8 Å². The monoisotopic (exact) mass is 375 g/mol. The molecule has 106 valence electrons. The van der Waals surface area contributed by atoms with Gasteiger partial charge in [0, 0.05) is 10.6 Å². The van der Waals surface area contributed by atoms with Gasteiger partial charge in [-0.25, -0.2) is 9.37 Å². The van der Waals surface area contributed by atoms with E-state index in [0.717, 1.165) is 20.5 Å². The van der Waals surface area contributed by atoms with E-state index in [-0.39, 0.29) is 12.2 Å². The Morgan fingerprint density at radius 3 is 2.95 bits per heavy atom. The fourth-order valence-corrected chi connectivity index (χ4v) is 4.13. The molecule has 0 aliphatic rings. The number of nitrogens with zero attached hydrogens (tertiary/aromatic N) is 1. The zero-order chi connectivity index (χ0) is 14.7. The van der Waals surface area contributed by atoms with Gasteiger partial charge in [0.25, 0.3) is 0 Å². The highest BCUT2D eigenvalue weighted by atomic mass is 79.9. The number of carboxylic acid groups (broad SMARTS) is 1. The van der Waals surface area contributed by atoms with Gasteiger partial charge in [0.05, 0.1) is 16.6 Å². The van der Waals surface area contributed by atoms with E-state index in [2.05, 4.69) is 20.9 Å². The van der Waals surface area contributed by atoms with Crippen LogP contribution >= 0.6 is 39.0 Å². The lowest BCUT2D eigenvalue weighted by atomic mass is 10.2. The van der Waals surface area contributed by atoms with Crippen LogP contribution in [-0.4, -0.2) is 16.1 Å². The molecule has 20 heavy (non-hydrogen) atoms. The molecule has 0 amide bonds. The van der Waals surface area contributed by atoms with Crippen molar-refractivity contribution in [3.63, 3.8) is 0 Å². The van der Waals surface area contributed by atoms with E-state index in [1.807, 2.05) is 6.92 Å². The Hall–Kier alpha value is -0.920. The van der Waals surface area contributed by atoms with Gasteiger partial charge in [-0.3, -0.25) is 4.79 Å². The number of aliphatic carboxylic acids is 1. The molecule has 0 unspecified atom stereocenters. The van der Waals surface area contributed by atoms with E-state index in [0.29, 0.717) is 10.2 Å². The molecule has 0 bridgehead atoms. The number of halogens is 2. The van der Waals surface area contributed by atoms with Crippen molar-refractivity contribution < 1.29 is 14.3 Å². The standard InChI is InChI=1S/C13H11BrFNO2S2/c1-7-11(5-12(17)18)20-13(16-7)19-6-8-2-3-10(15)9(14)4-8/h2-4H,5-6H2,1H3,(H,17,18). The lowest BCUT2D eigenvalue weighted by molar-refractivity contribution is -0.136. The van der Waals surface area contributed by atoms with Crippen molar-refractivity contribution >= 4 is 45.0 Å². The van der Waals surface area contributed by atoms with Gasteiger partial charge in [-0.05, 0) is 40.5 Å². The predicted molar refractivity (Wildman–Crippen MR) is 81.9 cm³/mol. The van der Waals surface area contributed by atoms with Crippen molar-refractivity contribution in [3.8, 4) is 0 Å². The second-order valence-electron chi connectivity index (χ2n) is 4.10. The van der Waals surface area contributed by atoms with Gasteiger partial charge in [0.2, 0.25) is 0 Å². The highest BCUT2D eigenvalue weighted by Gasteiger charge is 2.11. The van der Waals surface area contributed by atoms with E-state index in [9.17, 15) is 9.18 Å². The van der Waals surface area contributed by atoms with Crippen molar-refractivity contribution in [3.05, 3.63) is 44.6 Å². The van der Waals surface area contributed by atoms with Gasteiger partial charge < -0.3 is 5.11 Å². The molecule has 1 N–H and O–H groups in total. The summed E-state index contributed by atoms with van der Waals surface area (Å²) < 4.78 is 14.4. The Morgan fingerprint density at radius 2 is 2.30 bits per heavy atom. The maximum atomic E-state index is 13.1. The molecule has 0 saturated heterocycles. The minimum atomic E-state index is -0.851. The Balaban J connectivity index is 2.03. The highest BCUT2D eigenvalue weighted by molar-refractivity contribution is 9.10. The van der Waals surface area contributed by atoms with Gasteiger partial charge in [0.1, 0.15) is 5.82 Å². The largest absolute Gasteiger partial charge is 0.481 e. The number of aromatic nitrogens is 1. The zero-order valence-corrected chi connectivity index (χ0v) is 13.7. The van der Waals surface area contributed by atoms with Crippen LogP contribution in [0.25, 0.3) is 0 Å². The second kappa shape index (κ2) is 6.69. The molecule has 0 saturated carbocycles. The van der Waals surface area contributed by atoms with E-state index in [1.54, 1.807) is 12.1 Å². The van der Waals surface area contributed by atoms with Crippen LogP contribution in [0.3, 0.4) is 0 Å². The molecule has 0 fully saturated rings. The third-order valence-electron chi connectivity index (χ3n) is 2.53. The number of benzene rings is 1. The highest BCUT2D eigenvalue weighted by Crippen LogP contribution is 2.30. The van der Waals surface area contributed by atoms with Crippen molar-refractivity contribution in [2.45, 2.75) is 23.4 Å². The number of rotatable bonds is 5. The molecule has 2 aromatic rings. The molecule has 1 heterocycles. The SMILES string of the molecule is Cc1nc(SCc2ccc(F)c(Br)c2)sc1CC(=O)O. The summed E-state index contributed by atoms with van der Waals surface area (Å²) in [4.78, 5) is 15.8. The smallest absolute Gasteiger partial charge is 0.308 e. The summed E-state index contributed by atoms with van der Waals surface area (Å²) in [6.45, 7) is 1.81. The van der Waals surface area contributed by atoms with Crippen molar-refractivity contribution in [2.24, 2.45) is 0 Å². The van der Waals surface area contributed by atoms with Crippen LogP contribution in [-0.2, 0) is 17.0 Å². The van der Waals surface area contributed by atoms with Gasteiger partial charge in [0.15, 0.2) is 4.34 Å². The fraction of sp³-hybridized carbons (Fsp3) is 0.231. The average Bonchev–Trinajstić information content (AvgIpc) is 2.71. The molecule has 3 nitrogen and oxygen atoms in total. The number of aryl methyl sites for hydroxylation is 1. The first-order valence-corrected chi connectivity index (χ1v) is 8.30. The quantitative estimate of drug-likeness (QED) is 0.792. The number of thioether (sulfide) groups is 1. The predicted octanol–water partition coefficient (Wildman–Crippen LogP) is 4.27. The Morgan fingerprint density at radius 1 is 1.55 bits per heavy atom. The molecule has 0 spiro atoms. The molecule has 0 atom stereocenters. The van der Waals surface area contributed by atoms with E-state index >= 15 is 0 Å². The molecule has 1 aromatic carbocycles.